The van der Waals surface area contributed by atoms with Crippen molar-refractivity contribution >= 4 is 11.2 Å². The molecule has 2 aromatic heterocycles. The van der Waals surface area contributed by atoms with Gasteiger partial charge in [0.2, 0.25) is 0 Å². The van der Waals surface area contributed by atoms with Crippen molar-refractivity contribution in [2.45, 2.75) is 18.9 Å². The lowest BCUT2D eigenvalue weighted by Gasteiger charge is -2.28. The quantitative estimate of drug-likeness (QED) is 0.717. The first kappa shape index (κ1) is 9.72. The Morgan fingerprint density at radius 3 is 2.94 bits per heavy atom. The lowest BCUT2D eigenvalue weighted by molar-refractivity contribution is 0.213. The molecule has 0 aromatic carbocycles. The van der Waals surface area contributed by atoms with E-state index in [1.165, 1.54) is 0 Å². The van der Waals surface area contributed by atoms with E-state index in [2.05, 4.69) is 27.2 Å². The Hall–Kier alpha value is -1.49. The van der Waals surface area contributed by atoms with E-state index in [1.807, 2.05) is 16.8 Å². The van der Waals surface area contributed by atoms with Gasteiger partial charge < -0.3 is 4.90 Å². The fourth-order valence-electron chi connectivity index (χ4n) is 2.27. The van der Waals surface area contributed by atoms with E-state index in [4.69, 9.17) is 0 Å². The maximum absolute atomic E-state index is 4.36. The number of hydrogen-bond donors (Lipinski definition) is 0. The van der Waals surface area contributed by atoms with Gasteiger partial charge in [0.1, 0.15) is 5.52 Å². The van der Waals surface area contributed by atoms with Crippen molar-refractivity contribution in [3.63, 3.8) is 0 Å². The number of fused-ring (bicyclic) bond motifs is 1. The smallest absolute Gasteiger partial charge is 0.178 e. The molecular formula is C11H15N5. The molecule has 1 aliphatic heterocycles. The molecule has 0 spiro atoms. The van der Waals surface area contributed by atoms with Crippen LogP contribution in [0.2, 0.25) is 0 Å². The predicted molar refractivity (Wildman–Crippen MR) is 61.1 cm³/mol. The summed E-state index contributed by atoms with van der Waals surface area (Å²) in [6, 6.07) is 4.31. The third kappa shape index (κ3) is 1.57. The van der Waals surface area contributed by atoms with Crippen LogP contribution in [0, 0.1) is 0 Å². The van der Waals surface area contributed by atoms with Crippen molar-refractivity contribution < 1.29 is 0 Å². The first-order valence-electron chi connectivity index (χ1n) is 5.69. The Bertz CT molecular complexity index is 484. The van der Waals surface area contributed by atoms with Crippen LogP contribution in [0.25, 0.3) is 11.2 Å². The summed E-state index contributed by atoms with van der Waals surface area (Å²) < 4.78 is 1.99. The lowest BCUT2D eigenvalue weighted by atomic mass is 10.1. The molecular weight excluding hydrogens is 202 g/mol. The van der Waals surface area contributed by atoms with Crippen LogP contribution in [-0.2, 0) is 0 Å². The molecule has 2 aromatic rings. The van der Waals surface area contributed by atoms with Gasteiger partial charge in [-0.1, -0.05) is 5.21 Å². The standard InChI is InChI=1S/C11H15N5/c1-15-7-4-9(5-8-15)16-11-10(13-14-16)3-2-6-12-11/h2-3,6,9H,4-5,7-8H2,1H3. The van der Waals surface area contributed by atoms with Crippen LogP contribution in [0.1, 0.15) is 18.9 Å². The van der Waals surface area contributed by atoms with Gasteiger partial charge in [0, 0.05) is 6.20 Å². The Labute approximate surface area is 94.1 Å². The number of aromatic nitrogens is 4. The van der Waals surface area contributed by atoms with Gasteiger partial charge >= 0.3 is 0 Å². The molecule has 1 aliphatic rings. The molecule has 84 valence electrons. The van der Waals surface area contributed by atoms with Gasteiger partial charge in [0.15, 0.2) is 5.65 Å². The van der Waals surface area contributed by atoms with Gasteiger partial charge in [-0.3, -0.25) is 0 Å². The highest BCUT2D eigenvalue weighted by Crippen LogP contribution is 2.23. The molecule has 5 heteroatoms. The summed E-state index contributed by atoms with van der Waals surface area (Å²) >= 11 is 0. The molecule has 1 saturated heterocycles. The van der Waals surface area contributed by atoms with Crippen molar-refractivity contribution in [3.05, 3.63) is 18.3 Å². The van der Waals surface area contributed by atoms with Crippen molar-refractivity contribution in [2.75, 3.05) is 20.1 Å². The van der Waals surface area contributed by atoms with Crippen LogP contribution in [0.4, 0.5) is 0 Å². The van der Waals surface area contributed by atoms with E-state index in [-0.39, 0.29) is 0 Å². The van der Waals surface area contributed by atoms with Gasteiger partial charge in [-0.15, -0.1) is 5.10 Å². The molecule has 0 atom stereocenters. The summed E-state index contributed by atoms with van der Waals surface area (Å²) in [5, 5.41) is 8.38. The van der Waals surface area contributed by atoms with Crippen LogP contribution in [0.5, 0.6) is 0 Å². The summed E-state index contributed by atoms with van der Waals surface area (Å²) in [6.45, 7) is 2.25. The molecule has 0 radical (unpaired) electrons. The summed E-state index contributed by atoms with van der Waals surface area (Å²) in [7, 11) is 2.16. The van der Waals surface area contributed by atoms with E-state index in [0.29, 0.717) is 6.04 Å². The van der Waals surface area contributed by atoms with E-state index in [0.717, 1.165) is 37.1 Å². The topological polar surface area (TPSA) is 46.8 Å². The largest absolute Gasteiger partial charge is 0.306 e. The maximum atomic E-state index is 4.36. The van der Waals surface area contributed by atoms with Gasteiger partial charge in [-0.25, -0.2) is 9.67 Å². The monoisotopic (exact) mass is 217 g/mol. The SMILES string of the molecule is CN1CCC(n2nnc3cccnc32)CC1. The highest BCUT2D eigenvalue weighted by Gasteiger charge is 2.21. The van der Waals surface area contributed by atoms with Gasteiger partial charge in [0.25, 0.3) is 0 Å². The molecule has 0 N–H and O–H groups in total. The van der Waals surface area contributed by atoms with Crippen molar-refractivity contribution in [1.29, 1.82) is 0 Å². The number of likely N-dealkylation sites (tertiary alicyclic amines) is 1. The Balaban J connectivity index is 1.94. The van der Waals surface area contributed by atoms with Crippen LogP contribution in [0.15, 0.2) is 18.3 Å². The van der Waals surface area contributed by atoms with Crippen LogP contribution >= 0.6 is 0 Å². The number of piperidine rings is 1. The highest BCUT2D eigenvalue weighted by atomic mass is 15.5. The fraction of sp³-hybridized carbons (Fsp3) is 0.545. The minimum atomic E-state index is 0.455. The molecule has 3 heterocycles. The number of rotatable bonds is 1. The van der Waals surface area contributed by atoms with Crippen LogP contribution in [-0.4, -0.2) is 45.0 Å². The Morgan fingerprint density at radius 2 is 2.12 bits per heavy atom. The second kappa shape index (κ2) is 3.83. The number of pyridine rings is 1. The summed E-state index contributed by atoms with van der Waals surface area (Å²) in [6.07, 6.45) is 4.06. The molecule has 5 nitrogen and oxygen atoms in total. The first-order chi connectivity index (χ1) is 7.84. The van der Waals surface area contributed by atoms with Gasteiger partial charge in [-0.05, 0) is 45.1 Å². The third-order valence-corrected chi connectivity index (χ3v) is 3.27. The van der Waals surface area contributed by atoms with E-state index in [1.54, 1.807) is 6.20 Å². The Kier molecular flexibility index (Phi) is 2.32. The molecule has 1 fully saturated rings. The zero-order valence-electron chi connectivity index (χ0n) is 9.37. The number of nitrogens with zero attached hydrogens (tertiary/aromatic N) is 5. The van der Waals surface area contributed by atoms with Crippen molar-refractivity contribution in [2.24, 2.45) is 0 Å². The van der Waals surface area contributed by atoms with Gasteiger partial charge in [0.05, 0.1) is 6.04 Å². The Morgan fingerprint density at radius 1 is 1.31 bits per heavy atom. The zero-order chi connectivity index (χ0) is 11.0. The van der Waals surface area contributed by atoms with Crippen molar-refractivity contribution in [1.82, 2.24) is 24.9 Å². The fourth-order valence-corrected chi connectivity index (χ4v) is 2.27. The molecule has 3 rings (SSSR count). The molecule has 0 unspecified atom stereocenters. The predicted octanol–water partition coefficient (Wildman–Crippen LogP) is 1.09. The number of hydrogen-bond acceptors (Lipinski definition) is 4. The van der Waals surface area contributed by atoms with E-state index < -0.39 is 0 Å². The van der Waals surface area contributed by atoms with Crippen molar-refractivity contribution in [3.8, 4) is 0 Å². The minimum absolute atomic E-state index is 0.455. The van der Waals surface area contributed by atoms with Crippen LogP contribution < -0.4 is 0 Å². The summed E-state index contributed by atoms with van der Waals surface area (Å²) in [5.41, 5.74) is 1.80. The van der Waals surface area contributed by atoms with E-state index in [9.17, 15) is 0 Å². The lowest BCUT2D eigenvalue weighted by Crippen LogP contribution is -2.31. The second-order valence-electron chi connectivity index (χ2n) is 4.41. The normalized spacial score (nSPS) is 19.3. The zero-order valence-corrected chi connectivity index (χ0v) is 9.37. The van der Waals surface area contributed by atoms with E-state index >= 15 is 0 Å². The maximum Gasteiger partial charge on any atom is 0.178 e. The van der Waals surface area contributed by atoms with Crippen LogP contribution in [0.3, 0.4) is 0 Å². The third-order valence-electron chi connectivity index (χ3n) is 3.27. The molecule has 0 amide bonds. The average Bonchev–Trinajstić information content (AvgIpc) is 2.74. The second-order valence-corrected chi connectivity index (χ2v) is 4.41. The molecule has 0 saturated carbocycles. The summed E-state index contributed by atoms with van der Waals surface area (Å²) in [4.78, 5) is 6.71. The van der Waals surface area contributed by atoms with Gasteiger partial charge in [-0.2, -0.15) is 0 Å². The highest BCUT2D eigenvalue weighted by molar-refractivity contribution is 5.68. The molecule has 0 bridgehead atoms. The minimum Gasteiger partial charge on any atom is -0.306 e. The first-order valence-corrected chi connectivity index (χ1v) is 5.69. The molecule has 16 heavy (non-hydrogen) atoms. The average molecular weight is 217 g/mol. The summed E-state index contributed by atoms with van der Waals surface area (Å²) in [5.74, 6) is 0. The molecule has 0 aliphatic carbocycles.